The van der Waals surface area contributed by atoms with Crippen molar-refractivity contribution in [3.05, 3.63) is 57.0 Å². The minimum Gasteiger partial charge on any atom is -0.496 e. The largest absolute Gasteiger partial charge is 0.496 e. The van der Waals surface area contributed by atoms with Crippen LogP contribution in [0.15, 0.2) is 40.9 Å². The van der Waals surface area contributed by atoms with Crippen LogP contribution in [-0.2, 0) is 0 Å². The maximum Gasteiger partial charge on any atom is 0.125 e. The molecule has 0 saturated carbocycles. The van der Waals surface area contributed by atoms with Crippen molar-refractivity contribution in [2.45, 2.75) is 11.8 Å². The summed E-state index contributed by atoms with van der Waals surface area (Å²) in [5, 5.41) is 0.654. The summed E-state index contributed by atoms with van der Waals surface area (Å²) < 4.78 is 11.9. The van der Waals surface area contributed by atoms with E-state index in [1.807, 2.05) is 43.3 Å². The molecular formula is C16H15Br2ClO2. The Labute approximate surface area is 146 Å². The monoisotopic (exact) mass is 432 g/mol. The van der Waals surface area contributed by atoms with Crippen LogP contribution in [0.3, 0.4) is 0 Å². The highest BCUT2D eigenvalue weighted by molar-refractivity contribution is 9.11. The topological polar surface area (TPSA) is 18.5 Å². The smallest absolute Gasteiger partial charge is 0.125 e. The minimum atomic E-state index is -0.00484. The van der Waals surface area contributed by atoms with Crippen molar-refractivity contribution in [1.29, 1.82) is 0 Å². The van der Waals surface area contributed by atoms with Gasteiger partial charge in [-0.2, -0.15) is 0 Å². The van der Waals surface area contributed by atoms with E-state index in [9.17, 15) is 0 Å². The Hall–Kier alpha value is -0.710. The fourth-order valence-electron chi connectivity index (χ4n) is 2.03. The predicted molar refractivity (Wildman–Crippen MR) is 94.1 cm³/mol. The van der Waals surface area contributed by atoms with Gasteiger partial charge < -0.3 is 9.47 Å². The van der Waals surface area contributed by atoms with Crippen molar-refractivity contribution in [3.63, 3.8) is 0 Å². The average molecular weight is 435 g/mol. The van der Waals surface area contributed by atoms with Crippen LogP contribution in [-0.4, -0.2) is 13.7 Å². The first kappa shape index (κ1) is 16.7. The summed E-state index contributed by atoms with van der Waals surface area (Å²) in [7, 11) is 1.64. The number of benzene rings is 2. The Morgan fingerprint density at radius 1 is 1.14 bits per heavy atom. The zero-order valence-corrected chi connectivity index (χ0v) is 15.6. The maximum absolute atomic E-state index is 6.01. The molecule has 1 atom stereocenters. The standard InChI is InChI=1S/C16H15Br2ClO2/c1-3-21-11-5-7-12(14(17)9-11)16(18)13-6-4-10(19)8-15(13)20-2/h4-9,16H,3H2,1-2H3. The van der Waals surface area contributed by atoms with Crippen LogP contribution < -0.4 is 9.47 Å². The fourth-order valence-corrected chi connectivity index (χ4v) is 3.87. The molecule has 0 aliphatic carbocycles. The van der Waals surface area contributed by atoms with Gasteiger partial charge in [0.1, 0.15) is 11.5 Å². The van der Waals surface area contributed by atoms with Gasteiger partial charge in [0, 0.05) is 15.1 Å². The van der Waals surface area contributed by atoms with E-state index in [1.54, 1.807) is 7.11 Å². The Morgan fingerprint density at radius 3 is 2.48 bits per heavy atom. The van der Waals surface area contributed by atoms with Crippen molar-refractivity contribution in [2.75, 3.05) is 13.7 Å². The highest BCUT2D eigenvalue weighted by atomic mass is 79.9. The molecule has 0 aliphatic heterocycles. The molecule has 0 bridgehead atoms. The van der Waals surface area contributed by atoms with E-state index in [2.05, 4.69) is 31.9 Å². The molecule has 0 amide bonds. The van der Waals surface area contributed by atoms with Crippen LogP contribution in [0.4, 0.5) is 0 Å². The van der Waals surface area contributed by atoms with Crippen LogP contribution >= 0.6 is 43.5 Å². The number of alkyl halides is 1. The third-order valence-corrected chi connectivity index (χ3v) is 4.93. The van der Waals surface area contributed by atoms with Crippen molar-refractivity contribution < 1.29 is 9.47 Å². The van der Waals surface area contributed by atoms with Crippen molar-refractivity contribution >= 4 is 43.5 Å². The summed E-state index contributed by atoms with van der Waals surface area (Å²) >= 11 is 13.3. The first-order valence-electron chi connectivity index (χ1n) is 6.46. The third kappa shape index (κ3) is 3.93. The Bertz CT molecular complexity index is 632. The molecule has 0 aromatic heterocycles. The van der Waals surface area contributed by atoms with Crippen molar-refractivity contribution in [3.8, 4) is 11.5 Å². The fraction of sp³-hybridized carbons (Fsp3) is 0.250. The normalized spacial score (nSPS) is 12.0. The summed E-state index contributed by atoms with van der Waals surface area (Å²) in [6.07, 6.45) is 0. The van der Waals surface area contributed by atoms with Crippen LogP contribution in [0.1, 0.15) is 22.9 Å². The van der Waals surface area contributed by atoms with E-state index in [0.717, 1.165) is 27.1 Å². The molecule has 112 valence electrons. The molecule has 21 heavy (non-hydrogen) atoms. The SMILES string of the molecule is CCOc1ccc(C(Br)c2ccc(Cl)cc2OC)c(Br)c1. The lowest BCUT2D eigenvalue weighted by molar-refractivity contribution is 0.340. The predicted octanol–water partition coefficient (Wildman–Crippen LogP) is 5.99. The second-order valence-corrected chi connectivity index (χ2v) is 6.57. The molecule has 5 heteroatoms. The summed E-state index contributed by atoms with van der Waals surface area (Å²) in [5.41, 5.74) is 2.12. The van der Waals surface area contributed by atoms with Gasteiger partial charge in [-0.15, -0.1) is 0 Å². The zero-order valence-electron chi connectivity index (χ0n) is 11.7. The minimum absolute atomic E-state index is 0.00484. The zero-order chi connectivity index (χ0) is 15.4. The molecular weight excluding hydrogens is 419 g/mol. The summed E-state index contributed by atoms with van der Waals surface area (Å²) in [4.78, 5) is -0.00484. The van der Waals surface area contributed by atoms with Crippen LogP contribution in [0, 0.1) is 0 Å². The number of rotatable bonds is 5. The molecule has 0 radical (unpaired) electrons. The van der Waals surface area contributed by atoms with Crippen LogP contribution in [0.5, 0.6) is 11.5 Å². The van der Waals surface area contributed by atoms with E-state index in [-0.39, 0.29) is 4.83 Å². The van der Waals surface area contributed by atoms with E-state index in [4.69, 9.17) is 21.1 Å². The Kier molecular flexibility index (Phi) is 5.97. The lowest BCUT2D eigenvalue weighted by atomic mass is 10.0. The molecule has 2 nitrogen and oxygen atoms in total. The molecule has 0 fully saturated rings. The van der Waals surface area contributed by atoms with Crippen LogP contribution in [0.2, 0.25) is 5.02 Å². The third-order valence-electron chi connectivity index (χ3n) is 3.02. The van der Waals surface area contributed by atoms with E-state index >= 15 is 0 Å². The van der Waals surface area contributed by atoms with E-state index < -0.39 is 0 Å². The molecule has 0 spiro atoms. The van der Waals surface area contributed by atoms with Gasteiger partial charge in [-0.05, 0) is 36.8 Å². The van der Waals surface area contributed by atoms with Gasteiger partial charge in [-0.1, -0.05) is 55.6 Å². The lowest BCUT2D eigenvalue weighted by Gasteiger charge is -2.17. The van der Waals surface area contributed by atoms with Gasteiger partial charge in [0.2, 0.25) is 0 Å². The summed E-state index contributed by atoms with van der Waals surface area (Å²) in [6.45, 7) is 2.61. The molecule has 0 aliphatic rings. The Morgan fingerprint density at radius 2 is 1.86 bits per heavy atom. The van der Waals surface area contributed by atoms with Crippen molar-refractivity contribution in [2.24, 2.45) is 0 Å². The highest BCUT2D eigenvalue weighted by Crippen LogP contribution is 2.41. The molecule has 0 heterocycles. The quantitative estimate of drug-likeness (QED) is 0.538. The van der Waals surface area contributed by atoms with Crippen LogP contribution in [0.25, 0.3) is 0 Å². The Balaban J connectivity index is 2.38. The number of hydrogen-bond donors (Lipinski definition) is 0. The number of ether oxygens (including phenoxy) is 2. The summed E-state index contributed by atoms with van der Waals surface area (Å²) in [6, 6.07) is 11.6. The second kappa shape index (κ2) is 7.52. The molecule has 2 rings (SSSR count). The lowest BCUT2D eigenvalue weighted by Crippen LogP contribution is -1.99. The highest BCUT2D eigenvalue weighted by Gasteiger charge is 2.18. The first-order chi connectivity index (χ1) is 10.1. The van der Waals surface area contributed by atoms with Gasteiger partial charge in [0.05, 0.1) is 18.5 Å². The number of halogens is 3. The van der Waals surface area contributed by atoms with Gasteiger partial charge in [-0.3, -0.25) is 0 Å². The van der Waals surface area contributed by atoms with Gasteiger partial charge >= 0.3 is 0 Å². The first-order valence-corrected chi connectivity index (χ1v) is 8.55. The molecule has 2 aromatic carbocycles. The second-order valence-electron chi connectivity index (χ2n) is 4.37. The molecule has 1 unspecified atom stereocenters. The molecule has 0 saturated heterocycles. The van der Waals surface area contributed by atoms with Gasteiger partial charge in [0.25, 0.3) is 0 Å². The summed E-state index contributed by atoms with van der Waals surface area (Å²) in [5.74, 6) is 1.60. The van der Waals surface area contributed by atoms with Crippen molar-refractivity contribution in [1.82, 2.24) is 0 Å². The maximum atomic E-state index is 6.01. The van der Waals surface area contributed by atoms with Gasteiger partial charge in [-0.25, -0.2) is 0 Å². The van der Waals surface area contributed by atoms with Gasteiger partial charge in [0.15, 0.2) is 0 Å². The number of methoxy groups -OCH3 is 1. The van der Waals surface area contributed by atoms with E-state index in [0.29, 0.717) is 11.6 Å². The molecule has 2 aromatic rings. The average Bonchev–Trinajstić information content (AvgIpc) is 2.47. The number of hydrogen-bond acceptors (Lipinski definition) is 2. The molecule has 0 N–H and O–H groups in total. The van der Waals surface area contributed by atoms with E-state index in [1.165, 1.54) is 0 Å².